The van der Waals surface area contributed by atoms with E-state index in [1.165, 1.54) is 12.1 Å². The number of H-pyrrole nitrogens is 1. The van der Waals surface area contributed by atoms with Gasteiger partial charge in [-0.3, -0.25) is 9.48 Å². The third kappa shape index (κ3) is 4.06. The molecule has 1 amide bonds. The number of aromatic nitrogens is 6. The molecule has 11 heteroatoms. The van der Waals surface area contributed by atoms with Crippen LogP contribution in [0.2, 0.25) is 5.28 Å². The number of hydrogen-bond donors (Lipinski definition) is 2. The van der Waals surface area contributed by atoms with Gasteiger partial charge in [0, 0.05) is 32.0 Å². The minimum Gasteiger partial charge on any atom is -0.370 e. The number of nitrogens with zero attached hydrogens (tertiary/aromatic N) is 5. The Kier molecular flexibility index (Phi) is 5.32. The highest BCUT2D eigenvalue weighted by molar-refractivity contribution is 6.28. The number of carbonyl (C=O) groups excluding carboxylic acids is 1. The van der Waals surface area contributed by atoms with Crippen molar-refractivity contribution in [2.45, 2.75) is 25.5 Å². The summed E-state index contributed by atoms with van der Waals surface area (Å²) < 4.78 is 21.5. The Hall–Kier alpha value is -3.37. The number of amides is 1. The van der Waals surface area contributed by atoms with Gasteiger partial charge in [0.05, 0.1) is 6.20 Å². The van der Waals surface area contributed by atoms with Crippen molar-refractivity contribution in [2.75, 3.05) is 6.61 Å². The molecule has 0 saturated carbocycles. The number of carbonyl (C=O) groups is 1. The van der Waals surface area contributed by atoms with E-state index in [9.17, 15) is 9.18 Å². The van der Waals surface area contributed by atoms with Crippen molar-refractivity contribution in [3.63, 3.8) is 0 Å². The van der Waals surface area contributed by atoms with Gasteiger partial charge in [-0.25, -0.2) is 14.4 Å². The summed E-state index contributed by atoms with van der Waals surface area (Å²) in [7, 11) is 1.79. The molecule has 0 bridgehead atoms. The molecule has 0 aliphatic carbocycles. The predicted octanol–water partition coefficient (Wildman–Crippen LogP) is 3.33. The van der Waals surface area contributed by atoms with Gasteiger partial charge in [-0.05, 0) is 53.8 Å². The fraction of sp³-hybridized carbons (Fsp3) is 0.286. The Morgan fingerprint density at radius 2 is 2.19 bits per heavy atom. The Labute approximate surface area is 187 Å². The van der Waals surface area contributed by atoms with E-state index in [4.69, 9.17) is 16.3 Å². The first-order valence-electron chi connectivity index (χ1n) is 10.1. The lowest BCUT2D eigenvalue weighted by Crippen LogP contribution is -2.24. The second kappa shape index (κ2) is 8.29. The van der Waals surface area contributed by atoms with Crippen LogP contribution in [0.4, 0.5) is 4.39 Å². The summed E-state index contributed by atoms with van der Waals surface area (Å²) >= 11 is 6.02. The van der Waals surface area contributed by atoms with Crippen molar-refractivity contribution in [3.05, 3.63) is 58.8 Å². The summed E-state index contributed by atoms with van der Waals surface area (Å²) in [6.45, 7) is 0.760. The van der Waals surface area contributed by atoms with Crippen LogP contribution in [-0.4, -0.2) is 42.2 Å². The fourth-order valence-corrected chi connectivity index (χ4v) is 3.92. The average Bonchev–Trinajstić information content (AvgIpc) is 3.51. The van der Waals surface area contributed by atoms with Gasteiger partial charge in [0.15, 0.2) is 11.3 Å². The number of fused-ring (bicyclic) bond motifs is 1. The molecule has 3 aromatic heterocycles. The number of hydrogen-bond acceptors (Lipinski definition) is 6. The topological polar surface area (TPSA) is 111 Å². The number of aromatic amines is 1. The number of imidazole rings is 1. The van der Waals surface area contributed by atoms with Crippen LogP contribution in [0.15, 0.2) is 30.6 Å². The number of benzene rings is 1. The quantitative estimate of drug-likeness (QED) is 0.446. The van der Waals surface area contributed by atoms with Crippen LogP contribution in [0.1, 0.15) is 40.8 Å². The fourth-order valence-electron chi connectivity index (χ4n) is 3.75. The molecule has 1 atom stereocenters. The van der Waals surface area contributed by atoms with Gasteiger partial charge in [0.2, 0.25) is 5.28 Å². The Balaban J connectivity index is 1.39. The summed E-state index contributed by atoms with van der Waals surface area (Å²) in [4.78, 5) is 28.6. The molecule has 1 unspecified atom stereocenters. The molecule has 1 fully saturated rings. The molecule has 2 N–H and O–H groups in total. The standard InChI is InChI=1S/C21H19ClFN7O2/c1-30-10-13(9-25-30)12-5-11(6-14(23)7-12)8-24-20(31)17-16-19(29-21(22)27-17)28-18(26-16)15-3-2-4-32-15/h5-7,9-10,15H,2-4,8H2,1H3,(H,24,31)(H,26,27,28,29). The van der Waals surface area contributed by atoms with E-state index in [-0.39, 0.29) is 23.6 Å². The highest BCUT2D eigenvalue weighted by atomic mass is 35.5. The largest absolute Gasteiger partial charge is 0.370 e. The van der Waals surface area contributed by atoms with Crippen LogP contribution < -0.4 is 5.32 Å². The van der Waals surface area contributed by atoms with E-state index in [0.717, 1.165) is 18.4 Å². The Morgan fingerprint density at radius 1 is 1.31 bits per heavy atom. The maximum absolute atomic E-state index is 14.2. The lowest BCUT2D eigenvalue weighted by Gasteiger charge is -2.08. The molecule has 1 saturated heterocycles. The van der Waals surface area contributed by atoms with Crippen LogP contribution in [0, 0.1) is 5.82 Å². The van der Waals surface area contributed by atoms with Gasteiger partial charge in [-0.1, -0.05) is 0 Å². The minimum atomic E-state index is -0.478. The smallest absolute Gasteiger partial charge is 0.272 e. The van der Waals surface area contributed by atoms with Crippen molar-refractivity contribution >= 4 is 28.7 Å². The van der Waals surface area contributed by atoms with Crippen molar-refractivity contribution in [2.24, 2.45) is 7.05 Å². The minimum absolute atomic E-state index is 0.0700. The lowest BCUT2D eigenvalue weighted by atomic mass is 10.1. The third-order valence-corrected chi connectivity index (χ3v) is 5.41. The van der Waals surface area contributed by atoms with E-state index < -0.39 is 11.7 Å². The zero-order chi connectivity index (χ0) is 22.2. The maximum atomic E-state index is 14.2. The zero-order valence-electron chi connectivity index (χ0n) is 17.1. The van der Waals surface area contributed by atoms with Crippen molar-refractivity contribution in [3.8, 4) is 11.1 Å². The normalized spacial score (nSPS) is 16.0. The van der Waals surface area contributed by atoms with Crippen molar-refractivity contribution < 1.29 is 13.9 Å². The monoisotopic (exact) mass is 455 g/mol. The van der Waals surface area contributed by atoms with E-state index in [2.05, 4.69) is 30.4 Å². The van der Waals surface area contributed by atoms with E-state index >= 15 is 0 Å². The van der Waals surface area contributed by atoms with Gasteiger partial charge in [0.1, 0.15) is 23.3 Å². The first-order chi connectivity index (χ1) is 15.5. The van der Waals surface area contributed by atoms with Crippen LogP contribution in [-0.2, 0) is 18.3 Å². The molecule has 4 aromatic rings. The molecule has 0 radical (unpaired) electrons. The molecule has 5 rings (SSSR count). The number of aryl methyl sites for hydroxylation is 1. The Bertz CT molecular complexity index is 1310. The summed E-state index contributed by atoms with van der Waals surface area (Å²) in [5, 5.41) is 6.80. The molecule has 164 valence electrons. The van der Waals surface area contributed by atoms with Crippen molar-refractivity contribution in [1.29, 1.82) is 0 Å². The second-order valence-electron chi connectivity index (χ2n) is 7.60. The summed E-state index contributed by atoms with van der Waals surface area (Å²) in [6, 6.07) is 4.59. The van der Waals surface area contributed by atoms with Crippen LogP contribution >= 0.6 is 11.6 Å². The lowest BCUT2D eigenvalue weighted by molar-refractivity contribution is 0.0947. The molecule has 1 aromatic carbocycles. The molecule has 1 aliphatic rings. The van der Waals surface area contributed by atoms with Gasteiger partial charge < -0.3 is 15.0 Å². The summed E-state index contributed by atoms with van der Waals surface area (Å²) in [6.07, 6.45) is 5.05. The molecular weight excluding hydrogens is 437 g/mol. The van der Waals surface area contributed by atoms with E-state index in [1.807, 2.05) is 0 Å². The van der Waals surface area contributed by atoms with Gasteiger partial charge in [-0.15, -0.1) is 0 Å². The van der Waals surface area contributed by atoms with Crippen LogP contribution in [0.5, 0.6) is 0 Å². The van der Waals surface area contributed by atoms with Crippen LogP contribution in [0.25, 0.3) is 22.3 Å². The molecule has 32 heavy (non-hydrogen) atoms. The SMILES string of the molecule is Cn1cc(-c2cc(F)cc(CNC(=O)c3nc(Cl)nc4nc(C5CCCO5)[nH]c34)c2)cn1. The maximum Gasteiger partial charge on any atom is 0.272 e. The second-order valence-corrected chi connectivity index (χ2v) is 7.94. The molecule has 0 spiro atoms. The number of ether oxygens (including phenoxy) is 1. The zero-order valence-corrected chi connectivity index (χ0v) is 17.9. The van der Waals surface area contributed by atoms with E-state index in [0.29, 0.717) is 34.7 Å². The molecule has 9 nitrogen and oxygen atoms in total. The highest BCUT2D eigenvalue weighted by Crippen LogP contribution is 2.28. The molecular formula is C21H19ClFN7O2. The highest BCUT2D eigenvalue weighted by Gasteiger charge is 2.24. The van der Waals surface area contributed by atoms with Gasteiger partial charge in [0.25, 0.3) is 5.91 Å². The summed E-state index contributed by atoms with van der Waals surface area (Å²) in [5.74, 6) is -0.291. The van der Waals surface area contributed by atoms with E-state index in [1.54, 1.807) is 30.2 Å². The number of rotatable bonds is 5. The molecule has 1 aliphatic heterocycles. The number of halogens is 2. The third-order valence-electron chi connectivity index (χ3n) is 5.24. The Morgan fingerprint density at radius 3 is 2.94 bits per heavy atom. The van der Waals surface area contributed by atoms with Crippen LogP contribution in [0.3, 0.4) is 0 Å². The van der Waals surface area contributed by atoms with Gasteiger partial charge in [-0.2, -0.15) is 10.1 Å². The average molecular weight is 456 g/mol. The number of nitrogens with one attached hydrogen (secondary N) is 2. The first kappa shape index (κ1) is 20.5. The predicted molar refractivity (Wildman–Crippen MR) is 114 cm³/mol. The van der Waals surface area contributed by atoms with Gasteiger partial charge >= 0.3 is 0 Å². The first-order valence-corrected chi connectivity index (χ1v) is 10.5. The van der Waals surface area contributed by atoms with Crippen molar-refractivity contribution in [1.82, 2.24) is 35.0 Å². The molecule has 4 heterocycles. The summed E-state index contributed by atoms with van der Waals surface area (Å²) in [5.41, 5.74) is 2.80.